The van der Waals surface area contributed by atoms with Crippen LogP contribution < -0.4 is 0 Å². The highest BCUT2D eigenvalue weighted by Gasteiger charge is 2.43. The van der Waals surface area contributed by atoms with E-state index in [1.165, 1.54) is 38.5 Å². The molecule has 1 N–H and O–H groups in total. The number of rotatable bonds is 2. The smallest absolute Gasteiger partial charge is 0.317 e. The number of hydrogen-bond acceptors (Lipinski definition) is 2. The first-order chi connectivity index (χ1) is 6.23. The topological polar surface area (TPSA) is 40.5 Å². The van der Waals surface area contributed by atoms with Gasteiger partial charge in [0.25, 0.3) is 0 Å². The first-order valence-electron chi connectivity index (χ1n) is 5.20. The molecule has 1 aliphatic heterocycles. The molecule has 0 aromatic carbocycles. The maximum absolute atomic E-state index is 10.7. The summed E-state index contributed by atoms with van der Waals surface area (Å²) in [6, 6.07) is 0. The molecule has 0 bridgehead atoms. The van der Waals surface area contributed by atoms with Gasteiger partial charge in [-0.3, -0.25) is 9.69 Å². The van der Waals surface area contributed by atoms with Crippen LogP contribution in [-0.2, 0) is 4.79 Å². The Morgan fingerprint density at radius 2 is 1.85 bits per heavy atom. The maximum Gasteiger partial charge on any atom is 0.317 e. The van der Waals surface area contributed by atoms with E-state index in [0.29, 0.717) is 5.54 Å². The van der Waals surface area contributed by atoms with Gasteiger partial charge in [0.2, 0.25) is 0 Å². The fourth-order valence-electron chi connectivity index (χ4n) is 3.00. The highest BCUT2D eigenvalue weighted by atomic mass is 16.4. The Labute approximate surface area is 78.7 Å². The standard InChI is InChI=1S/C10H17NO2/c12-9(13)8-11-7-3-6-10(11)4-1-2-5-10/h1-8H2,(H,12,13). The van der Waals surface area contributed by atoms with Crippen LogP contribution >= 0.6 is 0 Å². The van der Waals surface area contributed by atoms with Crippen LogP contribution in [0.3, 0.4) is 0 Å². The van der Waals surface area contributed by atoms with Crippen molar-refractivity contribution in [3.05, 3.63) is 0 Å². The molecule has 1 saturated heterocycles. The molecule has 0 radical (unpaired) electrons. The van der Waals surface area contributed by atoms with Gasteiger partial charge < -0.3 is 5.11 Å². The molecule has 3 nitrogen and oxygen atoms in total. The van der Waals surface area contributed by atoms with Gasteiger partial charge in [0.15, 0.2) is 0 Å². The van der Waals surface area contributed by atoms with Crippen molar-refractivity contribution in [1.29, 1.82) is 0 Å². The van der Waals surface area contributed by atoms with Crippen molar-refractivity contribution in [2.45, 2.75) is 44.1 Å². The zero-order chi connectivity index (χ0) is 9.31. The van der Waals surface area contributed by atoms with Gasteiger partial charge >= 0.3 is 5.97 Å². The Morgan fingerprint density at radius 1 is 1.23 bits per heavy atom. The molecule has 0 atom stereocenters. The zero-order valence-corrected chi connectivity index (χ0v) is 7.96. The predicted molar refractivity (Wildman–Crippen MR) is 49.6 cm³/mol. The summed E-state index contributed by atoms with van der Waals surface area (Å²) < 4.78 is 0. The molecule has 0 aromatic heterocycles. The Balaban J connectivity index is 2.04. The van der Waals surface area contributed by atoms with Crippen molar-refractivity contribution in [2.24, 2.45) is 0 Å². The minimum atomic E-state index is -0.673. The van der Waals surface area contributed by atoms with Crippen LogP contribution in [0.1, 0.15) is 38.5 Å². The Hall–Kier alpha value is -0.570. The number of carbonyl (C=O) groups is 1. The number of nitrogens with zero attached hydrogens (tertiary/aromatic N) is 1. The van der Waals surface area contributed by atoms with Crippen molar-refractivity contribution >= 4 is 5.97 Å². The highest BCUT2D eigenvalue weighted by molar-refractivity contribution is 5.69. The molecule has 74 valence electrons. The quantitative estimate of drug-likeness (QED) is 0.705. The molecule has 1 heterocycles. The van der Waals surface area contributed by atoms with Crippen LogP contribution in [0.4, 0.5) is 0 Å². The van der Waals surface area contributed by atoms with Gasteiger partial charge in [-0.1, -0.05) is 12.8 Å². The second-order valence-electron chi connectivity index (χ2n) is 4.35. The summed E-state index contributed by atoms with van der Waals surface area (Å²) in [6.07, 6.45) is 7.43. The lowest BCUT2D eigenvalue weighted by Crippen LogP contribution is -2.44. The zero-order valence-electron chi connectivity index (χ0n) is 7.96. The molecule has 1 spiro atoms. The number of aliphatic carboxylic acids is 1. The van der Waals surface area contributed by atoms with Crippen LogP contribution in [0.25, 0.3) is 0 Å². The number of hydrogen-bond donors (Lipinski definition) is 1. The molecule has 2 fully saturated rings. The monoisotopic (exact) mass is 183 g/mol. The largest absolute Gasteiger partial charge is 0.480 e. The van der Waals surface area contributed by atoms with Crippen LogP contribution in [-0.4, -0.2) is 34.6 Å². The maximum atomic E-state index is 10.7. The molecule has 1 saturated carbocycles. The van der Waals surface area contributed by atoms with Crippen molar-refractivity contribution in [3.63, 3.8) is 0 Å². The van der Waals surface area contributed by atoms with E-state index in [4.69, 9.17) is 5.11 Å². The average Bonchev–Trinajstić information content (AvgIpc) is 2.64. The summed E-state index contributed by atoms with van der Waals surface area (Å²) in [6.45, 7) is 1.24. The van der Waals surface area contributed by atoms with E-state index in [1.54, 1.807) is 0 Å². The molecule has 0 amide bonds. The minimum Gasteiger partial charge on any atom is -0.480 e. The SMILES string of the molecule is O=C(O)CN1CCCC12CCCC2. The predicted octanol–water partition coefficient (Wildman–Crippen LogP) is 1.48. The van der Waals surface area contributed by atoms with E-state index in [1.807, 2.05) is 0 Å². The van der Waals surface area contributed by atoms with Crippen molar-refractivity contribution in [3.8, 4) is 0 Å². The van der Waals surface area contributed by atoms with E-state index >= 15 is 0 Å². The lowest BCUT2D eigenvalue weighted by atomic mass is 9.94. The molecular weight excluding hydrogens is 166 g/mol. The van der Waals surface area contributed by atoms with Crippen molar-refractivity contribution in [1.82, 2.24) is 4.90 Å². The number of likely N-dealkylation sites (tertiary alicyclic amines) is 1. The third kappa shape index (κ3) is 1.57. The van der Waals surface area contributed by atoms with Gasteiger partial charge in [-0.15, -0.1) is 0 Å². The molecular formula is C10H17NO2. The molecule has 1 aliphatic carbocycles. The van der Waals surface area contributed by atoms with E-state index < -0.39 is 5.97 Å². The van der Waals surface area contributed by atoms with Gasteiger partial charge in [-0.05, 0) is 32.2 Å². The molecule has 2 rings (SSSR count). The first-order valence-corrected chi connectivity index (χ1v) is 5.20. The van der Waals surface area contributed by atoms with Gasteiger partial charge in [-0.2, -0.15) is 0 Å². The Morgan fingerprint density at radius 3 is 2.46 bits per heavy atom. The summed E-state index contributed by atoms with van der Waals surface area (Å²) in [5.74, 6) is -0.673. The van der Waals surface area contributed by atoms with Gasteiger partial charge in [0, 0.05) is 5.54 Å². The molecule has 3 heteroatoms. The van der Waals surface area contributed by atoms with Gasteiger partial charge in [0.1, 0.15) is 0 Å². The fourth-order valence-corrected chi connectivity index (χ4v) is 3.00. The van der Waals surface area contributed by atoms with Gasteiger partial charge in [0.05, 0.1) is 6.54 Å². The van der Waals surface area contributed by atoms with E-state index in [2.05, 4.69) is 4.90 Å². The average molecular weight is 183 g/mol. The summed E-state index contributed by atoms with van der Waals surface area (Å²) in [4.78, 5) is 12.9. The molecule has 13 heavy (non-hydrogen) atoms. The summed E-state index contributed by atoms with van der Waals surface area (Å²) in [7, 11) is 0. The fraction of sp³-hybridized carbons (Fsp3) is 0.900. The summed E-state index contributed by atoms with van der Waals surface area (Å²) in [5.41, 5.74) is 0.290. The van der Waals surface area contributed by atoms with E-state index in [0.717, 1.165) is 6.54 Å². The summed E-state index contributed by atoms with van der Waals surface area (Å²) in [5, 5.41) is 8.78. The lowest BCUT2D eigenvalue weighted by Gasteiger charge is -2.33. The van der Waals surface area contributed by atoms with Crippen LogP contribution in [0, 0.1) is 0 Å². The minimum absolute atomic E-state index is 0.250. The second-order valence-corrected chi connectivity index (χ2v) is 4.35. The number of carboxylic acid groups (broad SMARTS) is 1. The van der Waals surface area contributed by atoms with Crippen LogP contribution in [0.2, 0.25) is 0 Å². The van der Waals surface area contributed by atoms with Crippen molar-refractivity contribution < 1.29 is 9.90 Å². The normalized spacial score (nSPS) is 27.1. The van der Waals surface area contributed by atoms with Crippen LogP contribution in [0.5, 0.6) is 0 Å². The third-order valence-electron chi connectivity index (χ3n) is 3.60. The molecule has 0 unspecified atom stereocenters. The third-order valence-corrected chi connectivity index (χ3v) is 3.60. The van der Waals surface area contributed by atoms with E-state index in [9.17, 15) is 4.79 Å². The Kier molecular flexibility index (Phi) is 2.28. The second kappa shape index (κ2) is 3.29. The lowest BCUT2D eigenvalue weighted by molar-refractivity contribution is -0.139. The van der Waals surface area contributed by atoms with E-state index in [-0.39, 0.29) is 6.54 Å². The first kappa shape index (κ1) is 9.00. The molecule has 0 aromatic rings. The van der Waals surface area contributed by atoms with Crippen LogP contribution in [0.15, 0.2) is 0 Å². The Bertz CT molecular complexity index is 203. The van der Waals surface area contributed by atoms with Gasteiger partial charge in [-0.25, -0.2) is 0 Å². The number of carboxylic acids is 1. The van der Waals surface area contributed by atoms with Crippen molar-refractivity contribution in [2.75, 3.05) is 13.1 Å². The molecule has 2 aliphatic rings. The highest BCUT2D eigenvalue weighted by Crippen LogP contribution is 2.42. The summed E-state index contributed by atoms with van der Waals surface area (Å²) >= 11 is 0.